The Balaban J connectivity index is 2.65. The molecule has 0 spiro atoms. The number of carbonyl (C=O) groups is 1. The molecular weight excluding hydrogens is 356 g/mol. The Bertz CT molecular complexity index is 855. The van der Waals surface area contributed by atoms with E-state index in [9.17, 15) is 19.8 Å². The second kappa shape index (κ2) is 9.09. The van der Waals surface area contributed by atoms with Crippen LogP contribution in [0.2, 0.25) is 0 Å². The van der Waals surface area contributed by atoms with Crippen molar-refractivity contribution >= 4 is 5.97 Å². The number of ether oxygens (including phenoxy) is 3. The largest absolute Gasteiger partial charge is 0.502 e. The molecular formula is C19H22O8. The van der Waals surface area contributed by atoms with E-state index in [1.807, 2.05) is 0 Å². The molecule has 146 valence electrons. The molecule has 1 unspecified atom stereocenters. The zero-order valence-corrected chi connectivity index (χ0v) is 15.4. The topological polar surface area (TPSA) is 115 Å². The molecule has 8 heteroatoms. The Labute approximate surface area is 155 Å². The highest BCUT2D eigenvalue weighted by Crippen LogP contribution is 2.39. The van der Waals surface area contributed by atoms with Gasteiger partial charge in [0.25, 0.3) is 0 Å². The maximum atomic E-state index is 12.1. The van der Waals surface area contributed by atoms with Crippen LogP contribution in [-0.4, -0.2) is 37.0 Å². The number of benzene rings is 1. The van der Waals surface area contributed by atoms with Gasteiger partial charge in [-0.1, -0.05) is 6.07 Å². The van der Waals surface area contributed by atoms with Crippen molar-refractivity contribution in [2.75, 3.05) is 20.8 Å². The molecule has 0 aliphatic heterocycles. The van der Waals surface area contributed by atoms with Crippen molar-refractivity contribution in [1.29, 1.82) is 0 Å². The molecule has 2 N–H and O–H groups in total. The smallest absolute Gasteiger partial charge is 0.306 e. The summed E-state index contributed by atoms with van der Waals surface area (Å²) in [6.07, 6.45) is -0.206. The van der Waals surface area contributed by atoms with Crippen LogP contribution in [0.15, 0.2) is 33.5 Å². The molecule has 2 rings (SSSR count). The van der Waals surface area contributed by atoms with Crippen LogP contribution in [0.3, 0.4) is 0 Å². The van der Waals surface area contributed by atoms with Crippen molar-refractivity contribution in [3.8, 4) is 17.2 Å². The SMILES string of the molecule is CCOC(=O)CC(c1ccc(OC)cc1OC)c1oc(CO)cc(=O)c1O. The van der Waals surface area contributed by atoms with Gasteiger partial charge < -0.3 is 28.8 Å². The van der Waals surface area contributed by atoms with Crippen molar-refractivity contribution in [3.05, 3.63) is 51.6 Å². The third kappa shape index (κ3) is 4.59. The van der Waals surface area contributed by atoms with Gasteiger partial charge in [0, 0.05) is 17.7 Å². The molecule has 1 aromatic carbocycles. The highest BCUT2D eigenvalue weighted by molar-refractivity contribution is 5.72. The second-order valence-corrected chi connectivity index (χ2v) is 5.62. The van der Waals surface area contributed by atoms with Crippen LogP contribution in [0.25, 0.3) is 0 Å². The number of aromatic hydroxyl groups is 1. The first-order chi connectivity index (χ1) is 12.9. The summed E-state index contributed by atoms with van der Waals surface area (Å²) in [5, 5.41) is 19.6. The average Bonchev–Trinajstić information content (AvgIpc) is 2.68. The zero-order valence-electron chi connectivity index (χ0n) is 15.4. The zero-order chi connectivity index (χ0) is 20.0. The van der Waals surface area contributed by atoms with Crippen molar-refractivity contribution in [1.82, 2.24) is 0 Å². The molecule has 0 amide bonds. The summed E-state index contributed by atoms with van der Waals surface area (Å²) in [5.41, 5.74) is -0.235. The average molecular weight is 378 g/mol. The van der Waals surface area contributed by atoms with Gasteiger partial charge in [-0.3, -0.25) is 9.59 Å². The number of esters is 1. The summed E-state index contributed by atoms with van der Waals surface area (Å²) in [5.74, 6) is -1.34. The maximum absolute atomic E-state index is 12.1. The number of hydrogen-bond acceptors (Lipinski definition) is 8. The summed E-state index contributed by atoms with van der Waals surface area (Å²) in [6.45, 7) is 1.32. The van der Waals surface area contributed by atoms with Gasteiger partial charge in [-0.05, 0) is 13.0 Å². The lowest BCUT2D eigenvalue weighted by molar-refractivity contribution is -0.143. The minimum Gasteiger partial charge on any atom is -0.502 e. The molecule has 0 aliphatic carbocycles. The Morgan fingerprint density at radius 1 is 1.22 bits per heavy atom. The maximum Gasteiger partial charge on any atom is 0.306 e. The van der Waals surface area contributed by atoms with Gasteiger partial charge in [-0.2, -0.15) is 0 Å². The normalized spacial score (nSPS) is 11.7. The summed E-state index contributed by atoms with van der Waals surface area (Å²) < 4.78 is 21.0. The third-order valence-corrected chi connectivity index (χ3v) is 3.96. The monoisotopic (exact) mass is 378 g/mol. The van der Waals surface area contributed by atoms with Crippen molar-refractivity contribution in [2.24, 2.45) is 0 Å². The number of methoxy groups -OCH3 is 2. The van der Waals surface area contributed by atoms with Crippen LogP contribution in [0.5, 0.6) is 17.2 Å². The summed E-state index contributed by atoms with van der Waals surface area (Å²) >= 11 is 0. The van der Waals surface area contributed by atoms with Crippen molar-refractivity contribution in [2.45, 2.75) is 25.9 Å². The minimum absolute atomic E-state index is 0.0332. The van der Waals surface area contributed by atoms with E-state index >= 15 is 0 Å². The van der Waals surface area contributed by atoms with E-state index in [1.165, 1.54) is 14.2 Å². The third-order valence-electron chi connectivity index (χ3n) is 3.96. The van der Waals surface area contributed by atoms with Crippen molar-refractivity contribution in [3.63, 3.8) is 0 Å². The lowest BCUT2D eigenvalue weighted by Crippen LogP contribution is -2.15. The van der Waals surface area contributed by atoms with E-state index in [0.29, 0.717) is 17.1 Å². The number of rotatable bonds is 8. The molecule has 0 saturated heterocycles. The van der Waals surface area contributed by atoms with E-state index in [4.69, 9.17) is 18.6 Å². The molecule has 27 heavy (non-hydrogen) atoms. The molecule has 1 aromatic heterocycles. The van der Waals surface area contributed by atoms with Crippen LogP contribution in [0.4, 0.5) is 0 Å². The van der Waals surface area contributed by atoms with E-state index in [2.05, 4.69) is 0 Å². The van der Waals surface area contributed by atoms with Gasteiger partial charge in [0.05, 0.1) is 33.2 Å². The number of aliphatic hydroxyl groups excluding tert-OH is 1. The summed E-state index contributed by atoms with van der Waals surface area (Å²) in [6, 6.07) is 5.90. The fourth-order valence-corrected chi connectivity index (χ4v) is 2.71. The van der Waals surface area contributed by atoms with E-state index in [-0.39, 0.29) is 24.5 Å². The molecule has 0 fully saturated rings. The first-order valence-electron chi connectivity index (χ1n) is 8.29. The Kier molecular flexibility index (Phi) is 6.84. The fraction of sp³-hybridized carbons (Fsp3) is 0.368. The molecule has 0 radical (unpaired) electrons. The number of carbonyl (C=O) groups excluding carboxylic acids is 1. The van der Waals surface area contributed by atoms with Crippen LogP contribution in [0.1, 0.15) is 36.3 Å². The van der Waals surface area contributed by atoms with Crippen LogP contribution in [-0.2, 0) is 16.1 Å². The molecule has 0 saturated carbocycles. The quantitative estimate of drug-likeness (QED) is 0.670. The Hall–Kier alpha value is -3.00. The van der Waals surface area contributed by atoms with Crippen molar-refractivity contribution < 1.29 is 33.6 Å². The first-order valence-corrected chi connectivity index (χ1v) is 8.29. The lowest BCUT2D eigenvalue weighted by Gasteiger charge is -2.20. The molecule has 0 bridgehead atoms. The first kappa shape index (κ1) is 20.3. The molecule has 0 aliphatic rings. The Morgan fingerprint density at radius 2 is 1.96 bits per heavy atom. The number of aliphatic hydroxyl groups is 1. The lowest BCUT2D eigenvalue weighted by atomic mass is 9.91. The predicted octanol–water partition coefficient (Wildman–Crippen LogP) is 1.94. The molecule has 8 nitrogen and oxygen atoms in total. The molecule has 1 heterocycles. The highest BCUT2D eigenvalue weighted by atomic mass is 16.5. The molecule has 2 aromatic rings. The second-order valence-electron chi connectivity index (χ2n) is 5.62. The van der Waals surface area contributed by atoms with E-state index in [0.717, 1.165) is 6.07 Å². The minimum atomic E-state index is -0.871. The van der Waals surface area contributed by atoms with E-state index < -0.39 is 29.7 Å². The van der Waals surface area contributed by atoms with Gasteiger partial charge in [-0.15, -0.1) is 0 Å². The number of hydrogen-bond donors (Lipinski definition) is 2. The van der Waals surface area contributed by atoms with Gasteiger partial charge in [0.2, 0.25) is 11.2 Å². The summed E-state index contributed by atoms with van der Waals surface area (Å²) in [4.78, 5) is 24.2. The van der Waals surface area contributed by atoms with Gasteiger partial charge >= 0.3 is 5.97 Å². The standard InChI is InChI=1S/C19H22O8/c1-4-26-17(22)9-14(13-6-5-11(24-2)8-16(13)25-3)19-18(23)15(21)7-12(10-20)27-19/h5-8,14,20,23H,4,9-10H2,1-3H3. The predicted molar refractivity (Wildman–Crippen MR) is 95.2 cm³/mol. The van der Waals surface area contributed by atoms with Gasteiger partial charge in [0.1, 0.15) is 23.9 Å². The van der Waals surface area contributed by atoms with Crippen LogP contribution < -0.4 is 14.9 Å². The highest BCUT2D eigenvalue weighted by Gasteiger charge is 2.29. The summed E-state index contributed by atoms with van der Waals surface area (Å²) in [7, 11) is 2.94. The molecule has 1 atom stereocenters. The van der Waals surface area contributed by atoms with Gasteiger partial charge in [-0.25, -0.2) is 0 Å². The fourth-order valence-electron chi connectivity index (χ4n) is 2.71. The van der Waals surface area contributed by atoms with E-state index in [1.54, 1.807) is 25.1 Å². The van der Waals surface area contributed by atoms with Crippen LogP contribution in [0, 0.1) is 0 Å². The Morgan fingerprint density at radius 3 is 2.56 bits per heavy atom. The van der Waals surface area contributed by atoms with Crippen LogP contribution >= 0.6 is 0 Å². The van der Waals surface area contributed by atoms with Gasteiger partial charge in [0.15, 0.2) is 5.76 Å².